The van der Waals surface area contributed by atoms with Crippen LogP contribution in [0.25, 0.3) is 5.57 Å². The number of benzene rings is 1. The Morgan fingerprint density at radius 3 is 2.67 bits per heavy atom. The van der Waals surface area contributed by atoms with Gasteiger partial charge >= 0.3 is 109 Å². The van der Waals surface area contributed by atoms with Crippen LogP contribution >= 0.6 is 0 Å². The van der Waals surface area contributed by atoms with E-state index < -0.39 is 22.9 Å². The van der Waals surface area contributed by atoms with Crippen LogP contribution in [0, 0.1) is 0 Å². The predicted molar refractivity (Wildman–Crippen MR) is 64.7 cm³/mol. The predicted octanol–water partition coefficient (Wildman–Crippen LogP) is -1.92. The van der Waals surface area contributed by atoms with Crippen molar-refractivity contribution >= 4 is 5.57 Å². The van der Waals surface area contributed by atoms with Crippen molar-refractivity contribution in [3.63, 3.8) is 0 Å². The fraction of sp³-hybridized carbons (Fsp3) is 0.200. The number of halogens is 2. The maximum atomic E-state index is 2.51. The van der Waals surface area contributed by atoms with Gasteiger partial charge < -0.3 is 24.8 Å². The van der Waals surface area contributed by atoms with Gasteiger partial charge in [-0.2, -0.15) is 0 Å². The van der Waals surface area contributed by atoms with Gasteiger partial charge in [-0.1, -0.05) is 0 Å². The standard InChI is InChI=1S/C10H9.C5H5.2ClH.Hf/c1-8-6-7-9-4-2-3-5-10(8)9;1-2-4-5-3-1;;;/h2-7H,1H3;1-3H,4H2;2*1H;/q;;;;+2/p-2. The monoisotopic (exact) mass is 444 g/mol. The van der Waals surface area contributed by atoms with Gasteiger partial charge in [0.2, 0.25) is 0 Å². The molecule has 0 aromatic heterocycles. The summed E-state index contributed by atoms with van der Waals surface area (Å²) in [4.78, 5) is 0. The summed E-state index contributed by atoms with van der Waals surface area (Å²) >= 11 is -0.688. The quantitative estimate of drug-likeness (QED) is 0.468. The zero-order chi connectivity index (χ0) is 11.0. The Balaban J connectivity index is 0.000000810. The first-order chi connectivity index (χ1) is 7.84. The Bertz CT molecular complexity index is 515. The molecule has 0 saturated carbocycles. The van der Waals surface area contributed by atoms with Crippen LogP contribution in [0.15, 0.2) is 51.9 Å². The number of hydrogen-bond donors (Lipinski definition) is 0. The molecule has 0 aliphatic heterocycles. The molecule has 0 N–H and O–H groups in total. The summed E-state index contributed by atoms with van der Waals surface area (Å²) in [6.45, 7) is 2.25. The van der Waals surface area contributed by atoms with Crippen molar-refractivity contribution in [1.29, 1.82) is 0 Å². The minimum atomic E-state index is -0.688. The van der Waals surface area contributed by atoms with Gasteiger partial charge in [0.15, 0.2) is 0 Å². The molecular formula is C15H14Cl2Hf. The molecule has 2 aliphatic carbocycles. The molecule has 0 saturated heterocycles. The first-order valence-corrected chi connectivity index (χ1v) is 9.61. The molecule has 18 heavy (non-hydrogen) atoms. The van der Waals surface area contributed by atoms with E-state index in [9.17, 15) is 0 Å². The van der Waals surface area contributed by atoms with Gasteiger partial charge in [-0.3, -0.25) is 0 Å². The van der Waals surface area contributed by atoms with Gasteiger partial charge in [0.25, 0.3) is 0 Å². The molecule has 3 rings (SSSR count). The number of allylic oxidation sites excluding steroid dienone is 6. The molecule has 3 heteroatoms. The van der Waals surface area contributed by atoms with Crippen molar-refractivity contribution in [2.24, 2.45) is 0 Å². The zero-order valence-corrected chi connectivity index (χ0v) is 15.3. The van der Waals surface area contributed by atoms with Crippen LogP contribution in [0.5, 0.6) is 0 Å². The number of fused-ring (bicyclic) bond motifs is 1. The molecular weight excluding hydrogens is 430 g/mol. The summed E-state index contributed by atoms with van der Waals surface area (Å²) in [5, 5.41) is 0. The van der Waals surface area contributed by atoms with Crippen molar-refractivity contribution in [1.82, 2.24) is 0 Å². The number of hydrogen-bond acceptors (Lipinski definition) is 0. The largest absolute Gasteiger partial charge is 1.00 e. The topological polar surface area (TPSA) is 0 Å². The van der Waals surface area contributed by atoms with E-state index in [-0.39, 0.29) is 24.8 Å². The van der Waals surface area contributed by atoms with E-state index in [1.165, 1.54) is 17.6 Å². The van der Waals surface area contributed by atoms with Gasteiger partial charge in [-0.05, 0) is 0 Å². The summed E-state index contributed by atoms with van der Waals surface area (Å²) in [6, 6.07) is 8.93. The van der Waals surface area contributed by atoms with Crippen LogP contribution in [-0.2, 0) is 22.9 Å². The summed E-state index contributed by atoms with van der Waals surface area (Å²) in [7, 11) is 0. The third-order valence-electron chi connectivity index (χ3n) is 3.25. The molecule has 1 atom stereocenters. The third kappa shape index (κ3) is 3.07. The fourth-order valence-electron chi connectivity index (χ4n) is 2.43. The molecule has 0 heterocycles. The fourth-order valence-corrected chi connectivity index (χ4v) is 8.06. The van der Waals surface area contributed by atoms with E-state index in [0.717, 1.165) is 3.67 Å². The van der Waals surface area contributed by atoms with Crippen molar-refractivity contribution in [3.8, 4) is 0 Å². The van der Waals surface area contributed by atoms with Crippen LogP contribution in [0.1, 0.15) is 28.1 Å². The van der Waals surface area contributed by atoms with E-state index in [1.54, 1.807) is 8.89 Å². The van der Waals surface area contributed by atoms with E-state index in [0.29, 0.717) is 0 Å². The zero-order valence-electron chi connectivity index (χ0n) is 10.2. The SMILES string of the molecule is CC1=C[CH]([Hf+2][C]2=CC=CC2)c2ccccc21.[Cl-].[Cl-]. The molecule has 0 amide bonds. The molecule has 1 aromatic rings. The van der Waals surface area contributed by atoms with Crippen LogP contribution in [0.3, 0.4) is 0 Å². The molecule has 1 unspecified atom stereocenters. The van der Waals surface area contributed by atoms with Gasteiger partial charge in [0, 0.05) is 0 Å². The smallest absolute Gasteiger partial charge is 1.00 e. The van der Waals surface area contributed by atoms with Crippen LogP contribution in [-0.4, -0.2) is 0 Å². The Kier molecular flexibility index (Phi) is 6.10. The molecule has 0 spiro atoms. The second-order valence-electron chi connectivity index (χ2n) is 4.38. The van der Waals surface area contributed by atoms with E-state index in [2.05, 4.69) is 55.5 Å². The first kappa shape index (κ1) is 15.9. The first-order valence-electron chi connectivity index (χ1n) is 5.74. The summed E-state index contributed by atoms with van der Waals surface area (Å²) < 4.78 is 2.55. The Morgan fingerprint density at radius 2 is 1.94 bits per heavy atom. The Labute approximate surface area is 132 Å². The molecule has 0 bridgehead atoms. The normalized spacial score (nSPS) is 19.1. The van der Waals surface area contributed by atoms with Gasteiger partial charge in [0.1, 0.15) is 0 Å². The third-order valence-corrected chi connectivity index (χ3v) is 8.75. The van der Waals surface area contributed by atoms with Crippen molar-refractivity contribution < 1.29 is 47.7 Å². The second-order valence-corrected chi connectivity index (χ2v) is 9.96. The average molecular weight is 444 g/mol. The van der Waals surface area contributed by atoms with Gasteiger partial charge in [0.05, 0.1) is 0 Å². The van der Waals surface area contributed by atoms with E-state index in [1.807, 2.05) is 0 Å². The average Bonchev–Trinajstić information content (AvgIpc) is 2.90. The van der Waals surface area contributed by atoms with Crippen LogP contribution < -0.4 is 24.8 Å². The van der Waals surface area contributed by atoms with Crippen LogP contribution in [0.2, 0.25) is 0 Å². The molecule has 1 aromatic carbocycles. The molecule has 0 radical (unpaired) electrons. The molecule has 0 fully saturated rings. The summed E-state index contributed by atoms with van der Waals surface area (Å²) in [5.74, 6) is 0. The van der Waals surface area contributed by atoms with Crippen molar-refractivity contribution in [2.45, 2.75) is 17.0 Å². The van der Waals surface area contributed by atoms with Gasteiger partial charge in [-0.15, -0.1) is 0 Å². The molecule has 0 nitrogen and oxygen atoms in total. The maximum absolute atomic E-state index is 2.51. The number of rotatable bonds is 2. The summed E-state index contributed by atoms with van der Waals surface area (Å²) in [6.07, 6.45) is 10.6. The molecule has 92 valence electrons. The van der Waals surface area contributed by atoms with E-state index in [4.69, 9.17) is 0 Å². The minimum absolute atomic E-state index is 0. The molecule has 2 aliphatic rings. The van der Waals surface area contributed by atoms with Crippen molar-refractivity contribution in [2.75, 3.05) is 0 Å². The van der Waals surface area contributed by atoms with Crippen LogP contribution in [0.4, 0.5) is 0 Å². The Morgan fingerprint density at radius 1 is 1.17 bits per heavy atom. The maximum Gasteiger partial charge on any atom is -1.00 e. The summed E-state index contributed by atoms with van der Waals surface area (Å²) in [5.41, 5.74) is 4.57. The van der Waals surface area contributed by atoms with Crippen molar-refractivity contribution in [3.05, 3.63) is 63.0 Å². The van der Waals surface area contributed by atoms with Gasteiger partial charge in [-0.25, -0.2) is 0 Å². The Hall–Kier alpha value is -0.110. The van der Waals surface area contributed by atoms with E-state index >= 15 is 0 Å². The second kappa shape index (κ2) is 6.88. The minimum Gasteiger partial charge on any atom is -1.00 e.